The van der Waals surface area contributed by atoms with Gasteiger partial charge in [0.05, 0.1) is 12.1 Å². The molecule has 0 spiro atoms. The second kappa shape index (κ2) is 9.24. The maximum atomic E-state index is 12.4. The zero-order chi connectivity index (χ0) is 20.1. The van der Waals surface area contributed by atoms with Gasteiger partial charge in [0.15, 0.2) is 0 Å². The number of aromatic nitrogens is 3. The van der Waals surface area contributed by atoms with Gasteiger partial charge in [0, 0.05) is 24.2 Å². The molecule has 29 heavy (non-hydrogen) atoms. The van der Waals surface area contributed by atoms with Crippen LogP contribution < -0.4 is 16.0 Å². The van der Waals surface area contributed by atoms with Crippen molar-refractivity contribution in [3.63, 3.8) is 0 Å². The Bertz CT molecular complexity index is 852. The molecule has 156 valence electrons. The summed E-state index contributed by atoms with van der Waals surface area (Å²) in [5, 5.41) is 17.4. The standard InChI is InChI=1S/C21H30N6O2/c28-20(23-16-8-4-5-9-16)15-10-11-19-18(14-15)25-26-27(19)13-12-22-21(29)24-17-6-2-1-3-7-17/h10-11,14,16-17H,1-9,12-13H2,(H,23,28)(H2,22,24,29). The molecule has 1 heterocycles. The number of benzene rings is 1. The SMILES string of the molecule is O=C(NCCn1nnc2cc(C(=O)NC3CCCC3)ccc21)NC1CCCCC1. The van der Waals surface area contributed by atoms with Gasteiger partial charge in [0.2, 0.25) is 0 Å². The lowest BCUT2D eigenvalue weighted by atomic mass is 9.96. The number of nitrogens with one attached hydrogen (secondary N) is 3. The molecule has 1 aromatic carbocycles. The van der Waals surface area contributed by atoms with Crippen LogP contribution in [-0.4, -0.2) is 45.6 Å². The Labute approximate surface area is 170 Å². The highest BCUT2D eigenvalue weighted by Crippen LogP contribution is 2.19. The molecule has 0 atom stereocenters. The van der Waals surface area contributed by atoms with E-state index in [1.165, 1.54) is 32.1 Å². The van der Waals surface area contributed by atoms with Gasteiger partial charge in [-0.25, -0.2) is 9.48 Å². The molecule has 2 aliphatic rings. The lowest BCUT2D eigenvalue weighted by Crippen LogP contribution is -2.43. The van der Waals surface area contributed by atoms with E-state index in [9.17, 15) is 9.59 Å². The number of amides is 3. The summed E-state index contributed by atoms with van der Waals surface area (Å²) in [6.45, 7) is 1.00. The highest BCUT2D eigenvalue weighted by molar-refractivity contribution is 5.97. The smallest absolute Gasteiger partial charge is 0.315 e. The zero-order valence-corrected chi connectivity index (χ0v) is 16.8. The fourth-order valence-electron chi connectivity index (χ4n) is 4.38. The van der Waals surface area contributed by atoms with Gasteiger partial charge < -0.3 is 16.0 Å². The van der Waals surface area contributed by atoms with Crippen molar-refractivity contribution in [2.45, 2.75) is 76.4 Å². The number of fused-ring (bicyclic) bond motifs is 1. The second-order valence-corrected chi connectivity index (χ2v) is 8.21. The van der Waals surface area contributed by atoms with Crippen LogP contribution in [0, 0.1) is 0 Å². The third kappa shape index (κ3) is 5.05. The number of urea groups is 1. The minimum atomic E-state index is -0.118. The van der Waals surface area contributed by atoms with E-state index in [2.05, 4.69) is 26.3 Å². The van der Waals surface area contributed by atoms with Crippen molar-refractivity contribution in [3.8, 4) is 0 Å². The van der Waals surface area contributed by atoms with Crippen LogP contribution in [0.5, 0.6) is 0 Å². The molecular weight excluding hydrogens is 368 g/mol. The van der Waals surface area contributed by atoms with Crippen molar-refractivity contribution in [3.05, 3.63) is 23.8 Å². The van der Waals surface area contributed by atoms with Crippen LogP contribution in [-0.2, 0) is 6.54 Å². The van der Waals surface area contributed by atoms with Gasteiger partial charge in [-0.05, 0) is 43.9 Å². The first-order chi connectivity index (χ1) is 14.2. The van der Waals surface area contributed by atoms with E-state index in [4.69, 9.17) is 0 Å². The number of nitrogens with zero attached hydrogens (tertiary/aromatic N) is 3. The minimum absolute atomic E-state index is 0.0469. The monoisotopic (exact) mass is 398 g/mol. The molecule has 3 N–H and O–H groups in total. The highest BCUT2D eigenvalue weighted by atomic mass is 16.2. The van der Waals surface area contributed by atoms with E-state index < -0.39 is 0 Å². The van der Waals surface area contributed by atoms with E-state index in [1.54, 1.807) is 10.7 Å². The molecule has 8 heteroatoms. The maximum absolute atomic E-state index is 12.4. The van der Waals surface area contributed by atoms with Crippen molar-refractivity contribution >= 4 is 23.0 Å². The van der Waals surface area contributed by atoms with Gasteiger partial charge in [-0.15, -0.1) is 5.10 Å². The van der Waals surface area contributed by atoms with Gasteiger partial charge in [-0.1, -0.05) is 37.3 Å². The molecule has 3 amide bonds. The van der Waals surface area contributed by atoms with Gasteiger partial charge in [0.1, 0.15) is 5.52 Å². The Hall–Kier alpha value is -2.64. The molecule has 0 radical (unpaired) electrons. The van der Waals surface area contributed by atoms with Gasteiger partial charge in [0.25, 0.3) is 5.91 Å². The zero-order valence-electron chi connectivity index (χ0n) is 16.8. The summed E-state index contributed by atoms with van der Waals surface area (Å²) in [5.41, 5.74) is 2.16. The van der Waals surface area contributed by atoms with Gasteiger partial charge in [-0.2, -0.15) is 0 Å². The van der Waals surface area contributed by atoms with Crippen LogP contribution in [0.3, 0.4) is 0 Å². The first-order valence-electron chi connectivity index (χ1n) is 10.9. The summed E-state index contributed by atoms with van der Waals surface area (Å²) >= 11 is 0. The molecular formula is C21H30N6O2. The van der Waals surface area contributed by atoms with Crippen LogP contribution in [0.2, 0.25) is 0 Å². The van der Waals surface area contributed by atoms with Crippen molar-refractivity contribution in [1.82, 2.24) is 30.9 Å². The maximum Gasteiger partial charge on any atom is 0.315 e. The molecule has 1 aromatic heterocycles. The summed E-state index contributed by atoms with van der Waals surface area (Å²) in [7, 11) is 0. The van der Waals surface area contributed by atoms with Crippen LogP contribution in [0.1, 0.15) is 68.1 Å². The number of hydrogen-bond donors (Lipinski definition) is 3. The number of carbonyl (C=O) groups excluding carboxylic acids is 2. The number of rotatable bonds is 6. The Morgan fingerprint density at radius 3 is 2.41 bits per heavy atom. The molecule has 2 aromatic rings. The van der Waals surface area contributed by atoms with E-state index in [1.807, 2.05) is 12.1 Å². The molecule has 0 saturated heterocycles. The van der Waals surface area contributed by atoms with E-state index in [-0.39, 0.29) is 11.9 Å². The quantitative estimate of drug-likeness (QED) is 0.696. The fourth-order valence-corrected chi connectivity index (χ4v) is 4.38. The van der Waals surface area contributed by atoms with Crippen LogP contribution in [0.15, 0.2) is 18.2 Å². The molecule has 0 unspecified atom stereocenters. The first kappa shape index (κ1) is 19.7. The average molecular weight is 399 g/mol. The van der Waals surface area contributed by atoms with Crippen molar-refractivity contribution in [2.24, 2.45) is 0 Å². The average Bonchev–Trinajstić information content (AvgIpc) is 3.38. The van der Waals surface area contributed by atoms with Crippen LogP contribution in [0.25, 0.3) is 11.0 Å². The van der Waals surface area contributed by atoms with Crippen molar-refractivity contribution < 1.29 is 9.59 Å². The second-order valence-electron chi connectivity index (χ2n) is 8.21. The van der Waals surface area contributed by atoms with Crippen molar-refractivity contribution in [2.75, 3.05) is 6.54 Å². The molecule has 4 rings (SSSR count). The Morgan fingerprint density at radius 2 is 1.66 bits per heavy atom. The molecule has 2 saturated carbocycles. The summed E-state index contributed by atoms with van der Waals surface area (Å²) in [5.74, 6) is -0.0469. The fraction of sp³-hybridized carbons (Fsp3) is 0.619. The Kier molecular flexibility index (Phi) is 6.27. The topological polar surface area (TPSA) is 101 Å². The molecule has 0 bridgehead atoms. The Balaban J connectivity index is 1.29. The predicted octanol–water partition coefficient (Wildman–Crippen LogP) is 2.74. The van der Waals surface area contributed by atoms with Gasteiger partial charge in [-0.3, -0.25) is 4.79 Å². The van der Waals surface area contributed by atoms with Crippen LogP contribution in [0.4, 0.5) is 4.79 Å². The van der Waals surface area contributed by atoms with Gasteiger partial charge >= 0.3 is 6.03 Å². The Morgan fingerprint density at radius 1 is 0.966 bits per heavy atom. The third-order valence-electron chi connectivity index (χ3n) is 6.02. The largest absolute Gasteiger partial charge is 0.349 e. The molecule has 8 nitrogen and oxygen atoms in total. The number of hydrogen-bond acceptors (Lipinski definition) is 4. The number of carbonyl (C=O) groups is 2. The van der Waals surface area contributed by atoms with Crippen molar-refractivity contribution in [1.29, 1.82) is 0 Å². The molecule has 0 aliphatic heterocycles. The summed E-state index contributed by atoms with van der Waals surface area (Å²) < 4.78 is 1.76. The lowest BCUT2D eigenvalue weighted by molar-refractivity contribution is 0.0938. The van der Waals surface area contributed by atoms with E-state index >= 15 is 0 Å². The normalized spacial score (nSPS) is 18.1. The first-order valence-corrected chi connectivity index (χ1v) is 10.9. The summed E-state index contributed by atoms with van der Waals surface area (Å²) in [6.07, 6.45) is 10.3. The summed E-state index contributed by atoms with van der Waals surface area (Å²) in [4.78, 5) is 24.5. The lowest BCUT2D eigenvalue weighted by Gasteiger charge is -2.22. The third-order valence-corrected chi connectivity index (χ3v) is 6.02. The molecule has 2 aliphatic carbocycles. The van der Waals surface area contributed by atoms with E-state index in [0.717, 1.165) is 31.2 Å². The van der Waals surface area contributed by atoms with Crippen LogP contribution >= 0.6 is 0 Å². The summed E-state index contributed by atoms with van der Waals surface area (Å²) in [6, 6.07) is 5.94. The van der Waals surface area contributed by atoms with E-state index in [0.29, 0.717) is 36.3 Å². The minimum Gasteiger partial charge on any atom is -0.349 e. The highest BCUT2D eigenvalue weighted by Gasteiger charge is 2.19. The molecule has 2 fully saturated rings. The predicted molar refractivity (Wildman–Crippen MR) is 111 cm³/mol.